The molecule has 0 unspecified atom stereocenters. The highest BCUT2D eigenvalue weighted by atomic mass is 16.5. The zero-order chi connectivity index (χ0) is 20.4. The van der Waals surface area contributed by atoms with Crippen molar-refractivity contribution in [3.05, 3.63) is 60.1 Å². The molecule has 3 amide bonds. The Labute approximate surface area is 161 Å². The third-order valence-corrected chi connectivity index (χ3v) is 3.63. The molecule has 1 aromatic heterocycles. The SMILES string of the molecule is C[C@@H](NC(=O)COC(=O)CNC(=O)CNC(=O)c1ccco1)c1ccccc1. The summed E-state index contributed by atoms with van der Waals surface area (Å²) in [7, 11) is 0. The smallest absolute Gasteiger partial charge is 0.325 e. The number of hydrogen-bond donors (Lipinski definition) is 3. The van der Waals surface area contributed by atoms with E-state index in [0.29, 0.717) is 0 Å². The second-order valence-electron chi connectivity index (χ2n) is 5.80. The molecule has 2 aromatic rings. The van der Waals surface area contributed by atoms with Crippen molar-refractivity contribution < 1.29 is 28.3 Å². The van der Waals surface area contributed by atoms with Crippen LogP contribution in [0, 0.1) is 0 Å². The fraction of sp³-hybridized carbons (Fsp3) is 0.263. The van der Waals surface area contributed by atoms with Crippen LogP contribution in [0.25, 0.3) is 0 Å². The Hall–Kier alpha value is -3.62. The molecule has 9 nitrogen and oxygen atoms in total. The van der Waals surface area contributed by atoms with E-state index < -0.39 is 36.8 Å². The first-order valence-corrected chi connectivity index (χ1v) is 8.54. The Balaban J connectivity index is 1.60. The second kappa shape index (κ2) is 10.5. The number of nitrogens with one attached hydrogen (secondary N) is 3. The summed E-state index contributed by atoms with van der Waals surface area (Å²) in [6.07, 6.45) is 1.34. The van der Waals surface area contributed by atoms with Crippen LogP contribution in [-0.4, -0.2) is 43.4 Å². The average Bonchev–Trinajstić information content (AvgIpc) is 3.24. The summed E-state index contributed by atoms with van der Waals surface area (Å²) >= 11 is 0. The third-order valence-electron chi connectivity index (χ3n) is 3.63. The maximum atomic E-state index is 11.8. The van der Waals surface area contributed by atoms with Crippen molar-refractivity contribution in [2.75, 3.05) is 19.7 Å². The van der Waals surface area contributed by atoms with E-state index in [0.717, 1.165) is 5.56 Å². The van der Waals surface area contributed by atoms with E-state index >= 15 is 0 Å². The maximum absolute atomic E-state index is 11.8. The van der Waals surface area contributed by atoms with Gasteiger partial charge in [0.05, 0.1) is 18.8 Å². The normalized spacial score (nSPS) is 11.2. The maximum Gasteiger partial charge on any atom is 0.325 e. The Morgan fingerprint density at radius 1 is 0.964 bits per heavy atom. The topological polar surface area (TPSA) is 127 Å². The van der Waals surface area contributed by atoms with Gasteiger partial charge in [-0.1, -0.05) is 30.3 Å². The summed E-state index contributed by atoms with van der Waals surface area (Å²) in [5.74, 6) is -2.29. The van der Waals surface area contributed by atoms with Crippen molar-refractivity contribution in [3.63, 3.8) is 0 Å². The van der Waals surface area contributed by atoms with Crippen LogP contribution in [0.15, 0.2) is 53.1 Å². The number of carbonyl (C=O) groups is 4. The highest BCUT2D eigenvalue weighted by Crippen LogP contribution is 2.10. The molecule has 0 aliphatic carbocycles. The van der Waals surface area contributed by atoms with Gasteiger partial charge in [-0.05, 0) is 24.6 Å². The molecule has 0 saturated carbocycles. The van der Waals surface area contributed by atoms with Crippen LogP contribution in [0.2, 0.25) is 0 Å². The van der Waals surface area contributed by atoms with Crippen molar-refractivity contribution in [3.8, 4) is 0 Å². The Morgan fingerprint density at radius 3 is 2.39 bits per heavy atom. The van der Waals surface area contributed by atoms with Gasteiger partial charge in [-0.3, -0.25) is 19.2 Å². The van der Waals surface area contributed by atoms with Crippen LogP contribution in [0.5, 0.6) is 0 Å². The summed E-state index contributed by atoms with van der Waals surface area (Å²) in [4.78, 5) is 46.7. The van der Waals surface area contributed by atoms with Crippen LogP contribution in [0.4, 0.5) is 0 Å². The van der Waals surface area contributed by atoms with Crippen LogP contribution < -0.4 is 16.0 Å². The summed E-state index contributed by atoms with van der Waals surface area (Å²) in [5.41, 5.74) is 0.922. The van der Waals surface area contributed by atoms with E-state index in [2.05, 4.69) is 16.0 Å². The molecule has 28 heavy (non-hydrogen) atoms. The van der Waals surface area contributed by atoms with Crippen LogP contribution >= 0.6 is 0 Å². The number of benzene rings is 1. The van der Waals surface area contributed by atoms with Gasteiger partial charge in [0, 0.05) is 0 Å². The zero-order valence-corrected chi connectivity index (χ0v) is 15.3. The predicted molar refractivity (Wildman–Crippen MR) is 98.0 cm³/mol. The van der Waals surface area contributed by atoms with Crippen LogP contribution in [-0.2, 0) is 19.1 Å². The fourth-order valence-corrected chi connectivity index (χ4v) is 2.19. The standard InChI is InChI=1S/C19H21N3O6/c1-13(14-6-3-2-4-7-14)22-17(24)12-28-18(25)11-20-16(23)10-21-19(26)15-8-5-9-27-15/h2-9,13H,10-12H2,1H3,(H,20,23)(H,21,26)(H,22,24)/t13-/m1/s1. The van der Waals surface area contributed by atoms with Crippen molar-refractivity contribution in [1.29, 1.82) is 0 Å². The summed E-state index contributed by atoms with van der Waals surface area (Å²) in [6, 6.07) is 12.1. The number of carbonyl (C=O) groups excluding carboxylic acids is 4. The van der Waals surface area contributed by atoms with Gasteiger partial charge >= 0.3 is 5.97 Å². The number of furan rings is 1. The molecule has 1 heterocycles. The molecule has 148 valence electrons. The molecule has 1 atom stereocenters. The lowest BCUT2D eigenvalue weighted by atomic mass is 10.1. The van der Waals surface area contributed by atoms with Crippen molar-refractivity contribution in [1.82, 2.24) is 16.0 Å². The highest BCUT2D eigenvalue weighted by Gasteiger charge is 2.13. The number of rotatable bonds is 9. The molecular weight excluding hydrogens is 366 g/mol. The molecule has 0 spiro atoms. The monoisotopic (exact) mass is 387 g/mol. The first kappa shape index (κ1) is 20.7. The molecule has 0 aliphatic heterocycles. The van der Waals surface area contributed by atoms with Gasteiger partial charge in [0.1, 0.15) is 6.54 Å². The van der Waals surface area contributed by atoms with Gasteiger partial charge < -0.3 is 25.1 Å². The van der Waals surface area contributed by atoms with E-state index in [-0.39, 0.29) is 18.3 Å². The van der Waals surface area contributed by atoms with Gasteiger partial charge in [-0.25, -0.2) is 0 Å². The minimum Gasteiger partial charge on any atom is -0.459 e. The van der Waals surface area contributed by atoms with E-state index in [1.807, 2.05) is 37.3 Å². The third kappa shape index (κ3) is 6.94. The van der Waals surface area contributed by atoms with Crippen molar-refractivity contribution in [2.45, 2.75) is 13.0 Å². The summed E-state index contributed by atoms with van der Waals surface area (Å²) in [5, 5.41) is 7.32. The number of esters is 1. The molecule has 0 bridgehead atoms. The number of hydrogen-bond acceptors (Lipinski definition) is 6. The van der Waals surface area contributed by atoms with Gasteiger partial charge in [-0.15, -0.1) is 0 Å². The molecule has 9 heteroatoms. The molecule has 3 N–H and O–H groups in total. The van der Waals surface area contributed by atoms with Crippen LogP contribution in [0.1, 0.15) is 29.1 Å². The minimum atomic E-state index is -0.770. The van der Waals surface area contributed by atoms with Gasteiger partial charge in [0.25, 0.3) is 11.8 Å². The fourth-order valence-electron chi connectivity index (χ4n) is 2.19. The van der Waals surface area contributed by atoms with E-state index in [1.165, 1.54) is 12.3 Å². The molecule has 0 aliphatic rings. The number of ether oxygens (including phenoxy) is 1. The molecular formula is C19H21N3O6. The largest absolute Gasteiger partial charge is 0.459 e. The summed E-state index contributed by atoms with van der Waals surface area (Å²) in [6.45, 7) is 0.603. The lowest BCUT2D eigenvalue weighted by molar-refractivity contribution is -0.148. The quantitative estimate of drug-likeness (QED) is 0.539. The molecule has 0 radical (unpaired) electrons. The lowest BCUT2D eigenvalue weighted by Crippen LogP contribution is -2.40. The van der Waals surface area contributed by atoms with Gasteiger partial charge in [0.15, 0.2) is 12.4 Å². The van der Waals surface area contributed by atoms with E-state index in [4.69, 9.17) is 9.15 Å². The van der Waals surface area contributed by atoms with Crippen molar-refractivity contribution in [2.24, 2.45) is 0 Å². The second-order valence-corrected chi connectivity index (χ2v) is 5.80. The zero-order valence-electron chi connectivity index (χ0n) is 15.3. The molecule has 0 fully saturated rings. The molecule has 1 aromatic carbocycles. The van der Waals surface area contributed by atoms with Crippen molar-refractivity contribution >= 4 is 23.7 Å². The predicted octanol–water partition coefficient (Wildman–Crippen LogP) is 0.546. The van der Waals surface area contributed by atoms with Gasteiger partial charge in [-0.2, -0.15) is 0 Å². The Bertz CT molecular complexity index is 804. The highest BCUT2D eigenvalue weighted by molar-refractivity contribution is 5.94. The first-order chi connectivity index (χ1) is 13.5. The van der Waals surface area contributed by atoms with Crippen LogP contribution in [0.3, 0.4) is 0 Å². The van der Waals surface area contributed by atoms with Gasteiger partial charge in [0.2, 0.25) is 5.91 Å². The Kier molecular flexibility index (Phi) is 7.77. The van der Waals surface area contributed by atoms with E-state index in [9.17, 15) is 19.2 Å². The summed E-state index contributed by atoms with van der Waals surface area (Å²) < 4.78 is 9.69. The molecule has 2 rings (SSSR count). The minimum absolute atomic E-state index is 0.0722. The molecule has 0 saturated heterocycles. The lowest BCUT2D eigenvalue weighted by Gasteiger charge is -2.14. The van der Waals surface area contributed by atoms with E-state index in [1.54, 1.807) is 6.07 Å². The first-order valence-electron chi connectivity index (χ1n) is 8.54. The average molecular weight is 387 g/mol. The number of amides is 3. The Morgan fingerprint density at radius 2 is 1.71 bits per heavy atom.